The van der Waals surface area contributed by atoms with Crippen molar-refractivity contribution in [1.82, 2.24) is 10.6 Å². The number of hydrogen-bond donors (Lipinski definition) is 2. The average Bonchev–Trinajstić information content (AvgIpc) is 2.81. The fraction of sp³-hybridized carbons (Fsp3) is 0.500. The van der Waals surface area contributed by atoms with Crippen LogP contribution in [0.3, 0.4) is 0 Å². The van der Waals surface area contributed by atoms with Crippen LogP contribution in [0.25, 0.3) is 0 Å². The number of alkyl carbamates (subject to hydrolysis) is 1. The highest BCUT2D eigenvalue weighted by Gasteiger charge is 2.23. The van der Waals surface area contributed by atoms with E-state index >= 15 is 0 Å². The summed E-state index contributed by atoms with van der Waals surface area (Å²) in [4.78, 5) is 10.8. The van der Waals surface area contributed by atoms with E-state index < -0.39 is 11.9 Å². The van der Waals surface area contributed by atoms with Crippen LogP contribution in [0.5, 0.6) is 5.75 Å². The lowest BCUT2D eigenvalue weighted by molar-refractivity contribution is 0.103. The van der Waals surface area contributed by atoms with Gasteiger partial charge >= 0.3 is 6.09 Å². The van der Waals surface area contributed by atoms with E-state index in [-0.39, 0.29) is 18.5 Å². The minimum Gasteiger partial charge on any atom is -0.487 e. The minimum atomic E-state index is -0.464. The van der Waals surface area contributed by atoms with Crippen LogP contribution in [0, 0.1) is 5.82 Å². The quantitative estimate of drug-likeness (QED) is 0.835. The lowest BCUT2D eigenvalue weighted by Gasteiger charge is -2.12. The highest BCUT2D eigenvalue weighted by atomic mass is 19.1. The van der Waals surface area contributed by atoms with Gasteiger partial charge in [-0.05, 0) is 17.7 Å². The molecule has 1 heterocycles. The van der Waals surface area contributed by atoms with E-state index in [1.807, 2.05) is 19.9 Å². The van der Waals surface area contributed by atoms with Crippen LogP contribution in [0.4, 0.5) is 9.18 Å². The fourth-order valence-corrected chi connectivity index (χ4v) is 1.80. The number of rotatable bonds is 6. The Labute approximate surface area is 117 Å². The number of amides is 1. The lowest BCUT2D eigenvalue weighted by atomic mass is 10.2. The first-order valence-corrected chi connectivity index (χ1v) is 6.63. The van der Waals surface area contributed by atoms with Gasteiger partial charge in [-0.3, -0.25) is 0 Å². The zero-order valence-electron chi connectivity index (χ0n) is 11.6. The highest BCUT2D eigenvalue weighted by Crippen LogP contribution is 2.19. The van der Waals surface area contributed by atoms with Gasteiger partial charge in [0.15, 0.2) is 17.7 Å². The molecule has 110 valence electrons. The molecule has 2 rings (SSSR count). The molecule has 1 atom stereocenters. The Balaban J connectivity index is 1.87. The number of hydrogen-bond acceptors (Lipinski definition) is 4. The SMILES string of the molecule is CC(C)NCc1ccc(OCC2CNC(=O)O2)c(F)c1. The van der Waals surface area contributed by atoms with Gasteiger partial charge in [0.25, 0.3) is 0 Å². The van der Waals surface area contributed by atoms with E-state index in [1.165, 1.54) is 6.07 Å². The summed E-state index contributed by atoms with van der Waals surface area (Å²) in [5, 5.41) is 5.73. The smallest absolute Gasteiger partial charge is 0.407 e. The van der Waals surface area contributed by atoms with Gasteiger partial charge in [0, 0.05) is 12.6 Å². The molecule has 1 aromatic carbocycles. The summed E-state index contributed by atoms with van der Waals surface area (Å²) in [5.74, 6) is -0.244. The van der Waals surface area contributed by atoms with Crippen molar-refractivity contribution in [2.45, 2.75) is 32.5 Å². The van der Waals surface area contributed by atoms with Crippen LogP contribution >= 0.6 is 0 Å². The molecule has 6 heteroatoms. The van der Waals surface area contributed by atoms with Gasteiger partial charge in [-0.15, -0.1) is 0 Å². The largest absolute Gasteiger partial charge is 0.487 e. The molecule has 0 radical (unpaired) electrons. The van der Waals surface area contributed by atoms with Crippen LogP contribution < -0.4 is 15.4 Å². The third kappa shape index (κ3) is 4.09. The van der Waals surface area contributed by atoms with Crippen molar-refractivity contribution in [2.24, 2.45) is 0 Å². The zero-order chi connectivity index (χ0) is 14.5. The maximum Gasteiger partial charge on any atom is 0.407 e. The molecule has 1 fully saturated rings. The standard InChI is InChI=1S/C14H19FN2O3/c1-9(2)16-6-10-3-4-13(12(15)5-10)19-8-11-7-17-14(18)20-11/h3-5,9,11,16H,6-8H2,1-2H3,(H,17,18). The Morgan fingerprint density at radius 1 is 1.55 bits per heavy atom. The Hall–Kier alpha value is -1.82. The first-order chi connectivity index (χ1) is 9.54. The molecular formula is C14H19FN2O3. The van der Waals surface area contributed by atoms with Gasteiger partial charge in [-0.2, -0.15) is 0 Å². The van der Waals surface area contributed by atoms with Crippen molar-refractivity contribution in [3.63, 3.8) is 0 Å². The van der Waals surface area contributed by atoms with Gasteiger partial charge in [-0.25, -0.2) is 9.18 Å². The summed E-state index contributed by atoms with van der Waals surface area (Å²) in [7, 11) is 0. The second kappa shape index (κ2) is 6.56. The molecule has 5 nitrogen and oxygen atoms in total. The molecule has 1 unspecified atom stereocenters. The molecule has 20 heavy (non-hydrogen) atoms. The van der Waals surface area contributed by atoms with Crippen LogP contribution in [-0.4, -0.2) is 31.4 Å². The third-order valence-electron chi connectivity index (χ3n) is 2.88. The number of carbonyl (C=O) groups excluding carboxylic acids is 1. The van der Waals surface area contributed by atoms with E-state index in [4.69, 9.17) is 9.47 Å². The molecule has 1 aromatic rings. The van der Waals surface area contributed by atoms with E-state index in [0.29, 0.717) is 19.1 Å². The van der Waals surface area contributed by atoms with Crippen molar-refractivity contribution in [3.8, 4) is 5.75 Å². The summed E-state index contributed by atoms with van der Waals surface area (Å²) in [5.41, 5.74) is 0.859. The number of nitrogens with one attached hydrogen (secondary N) is 2. The van der Waals surface area contributed by atoms with E-state index in [9.17, 15) is 9.18 Å². The van der Waals surface area contributed by atoms with Gasteiger partial charge in [0.2, 0.25) is 0 Å². The monoisotopic (exact) mass is 282 g/mol. The van der Waals surface area contributed by atoms with Crippen LogP contribution in [-0.2, 0) is 11.3 Å². The summed E-state index contributed by atoms with van der Waals surface area (Å²) in [6, 6.07) is 5.20. The van der Waals surface area contributed by atoms with Gasteiger partial charge in [0.05, 0.1) is 6.54 Å². The first kappa shape index (κ1) is 14.6. The third-order valence-corrected chi connectivity index (χ3v) is 2.88. The molecule has 0 aromatic heterocycles. The van der Waals surface area contributed by atoms with Crippen LogP contribution in [0.1, 0.15) is 19.4 Å². The summed E-state index contributed by atoms with van der Waals surface area (Å²) in [6.07, 6.45) is -0.835. The molecule has 1 saturated heterocycles. The molecule has 1 aliphatic rings. The Kier molecular flexibility index (Phi) is 4.79. The normalized spacial score (nSPS) is 18.0. The molecule has 0 spiro atoms. The van der Waals surface area contributed by atoms with Crippen molar-refractivity contribution < 1.29 is 18.7 Å². The number of halogens is 1. The molecule has 0 bridgehead atoms. The number of carbonyl (C=O) groups is 1. The van der Waals surface area contributed by atoms with Crippen molar-refractivity contribution >= 4 is 6.09 Å². The highest BCUT2D eigenvalue weighted by molar-refractivity contribution is 5.69. The minimum absolute atomic E-state index is 0.138. The molecule has 0 aliphatic carbocycles. The van der Waals surface area contributed by atoms with Gasteiger partial charge in [-0.1, -0.05) is 19.9 Å². The molecule has 0 saturated carbocycles. The first-order valence-electron chi connectivity index (χ1n) is 6.63. The molecule has 2 N–H and O–H groups in total. The van der Waals surface area contributed by atoms with E-state index in [1.54, 1.807) is 6.07 Å². The maximum atomic E-state index is 13.8. The van der Waals surface area contributed by atoms with Gasteiger partial charge in [0.1, 0.15) is 6.61 Å². The predicted octanol–water partition coefficient (Wildman–Crippen LogP) is 1.81. The van der Waals surface area contributed by atoms with Crippen molar-refractivity contribution in [2.75, 3.05) is 13.2 Å². The van der Waals surface area contributed by atoms with E-state index in [0.717, 1.165) is 5.56 Å². The maximum absolute atomic E-state index is 13.8. The van der Waals surface area contributed by atoms with Crippen molar-refractivity contribution in [1.29, 1.82) is 0 Å². The number of ether oxygens (including phenoxy) is 2. The molecule has 1 aliphatic heterocycles. The van der Waals surface area contributed by atoms with E-state index in [2.05, 4.69) is 10.6 Å². The van der Waals surface area contributed by atoms with Gasteiger partial charge < -0.3 is 20.1 Å². The molecular weight excluding hydrogens is 263 g/mol. The Bertz CT molecular complexity index is 479. The number of cyclic esters (lactones) is 1. The Morgan fingerprint density at radius 2 is 2.35 bits per heavy atom. The second-order valence-electron chi connectivity index (χ2n) is 5.02. The fourth-order valence-electron chi connectivity index (χ4n) is 1.80. The molecule has 1 amide bonds. The topological polar surface area (TPSA) is 59.6 Å². The van der Waals surface area contributed by atoms with Crippen LogP contribution in [0.2, 0.25) is 0 Å². The summed E-state index contributed by atoms with van der Waals surface area (Å²) < 4.78 is 24.1. The lowest BCUT2D eigenvalue weighted by Crippen LogP contribution is -2.23. The zero-order valence-corrected chi connectivity index (χ0v) is 11.6. The summed E-state index contributed by atoms with van der Waals surface area (Å²) >= 11 is 0. The Morgan fingerprint density at radius 3 is 2.95 bits per heavy atom. The van der Waals surface area contributed by atoms with Crippen molar-refractivity contribution in [3.05, 3.63) is 29.6 Å². The average molecular weight is 282 g/mol. The number of benzene rings is 1. The predicted molar refractivity (Wildman–Crippen MR) is 72.1 cm³/mol. The second-order valence-corrected chi connectivity index (χ2v) is 5.02. The summed E-state index contributed by atoms with van der Waals surface area (Å²) in [6.45, 7) is 5.20. The van der Waals surface area contributed by atoms with Crippen LogP contribution in [0.15, 0.2) is 18.2 Å².